The van der Waals surface area contributed by atoms with E-state index in [-0.39, 0.29) is 13.0 Å². The molecule has 0 radical (unpaired) electrons. The lowest BCUT2D eigenvalue weighted by atomic mass is 10.1. The fraction of sp³-hybridized carbons (Fsp3) is 0.300. The average Bonchev–Trinajstić information content (AvgIpc) is 3.24. The Hall–Kier alpha value is -3.03. The lowest BCUT2D eigenvalue weighted by molar-refractivity contribution is -0.162. The molecule has 5 nitrogen and oxygen atoms in total. The molecule has 0 bridgehead atoms. The maximum Gasteiger partial charge on any atom is 0.406 e. The summed E-state index contributed by atoms with van der Waals surface area (Å²) in [5, 5.41) is 4.45. The second-order valence-electron chi connectivity index (χ2n) is 6.52. The number of carbonyl (C=O) groups excluding carboxylic acids is 1. The SMILES string of the molecule is Cc1nn(-c2ccccc2)c(C)c1CC(=O)N(Cc1ccco1)CC(F)(F)F. The predicted molar refractivity (Wildman–Crippen MR) is 96.9 cm³/mol. The zero-order chi connectivity index (χ0) is 20.3. The molecule has 28 heavy (non-hydrogen) atoms. The zero-order valence-electron chi connectivity index (χ0n) is 15.5. The van der Waals surface area contributed by atoms with Crippen LogP contribution in [-0.4, -0.2) is 33.3 Å². The van der Waals surface area contributed by atoms with Crippen molar-refractivity contribution in [3.8, 4) is 5.69 Å². The van der Waals surface area contributed by atoms with Gasteiger partial charge in [0, 0.05) is 11.3 Å². The molecule has 0 aliphatic rings. The Bertz CT molecular complexity index is 932. The molecule has 8 heteroatoms. The molecule has 0 spiro atoms. The third-order valence-corrected chi connectivity index (χ3v) is 4.42. The second kappa shape index (κ2) is 7.92. The van der Waals surface area contributed by atoms with Gasteiger partial charge in [-0.1, -0.05) is 18.2 Å². The Kier molecular flexibility index (Phi) is 5.58. The van der Waals surface area contributed by atoms with Crippen molar-refractivity contribution in [2.45, 2.75) is 33.0 Å². The van der Waals surface area contributed by atoms with Gasteiger partial charge in [-0.25, -0.2) is 4.68 Å². The predicted octanol–water partition coefficient (Wildman–Crippen LogP) is 4.22. The van der Waals surface area contributed by atoms with Crippen LogP contribution in [0.15, 0.2) is 53.1 Å². The van der Waals surface area contributed by atoms with Gasteiger partial charge in [-0.2, -0.15) is 18.3 Å². The zero-order valence-corrected chi connectivity index (χ0v) is 15.5. The highest BCUT2D eigenvalue weighted by molar-refractivity contribution is 5.79. The van der Waals surface area contributed by atoms with Crippen molar-refractivity contribution in [1.29, 1.82) is 0 Å². The van der Waals surface area contributed by atoms with Crippen LogP contribution in [0, 0.1) is 13.8 Å². The molecule has 0 aliphatic heterocycles. The number of alkyl halides is 3. The van der Waals surface area contributed by atoms with E-state index < -0.39 is 18.6 Å². The molecule has 3 aromatic rings. The van der Waals surface area contributed by atoms with Crippen LogP contribution in [0.2, 0.25) is 0 Å². The van der Waals surface area contributed by atoms with Crippen LogP contribution in [0.5, 0.6) is 0 Å². The Morgan fingerprint density at radius 2 is 1.86 bits per heavy atom. The quantitative estimate of drug-likeness (QED) is 0.632. The summed E-state index contributed by atoms with van der Waals surface area (Å²) < 4.78 is 45.7. The monoisotopic (exact) mass is 391 g/mol. The Balaban J connectivity index is 1.84. The first-order chi connectivity index (χ1) is 13.2. The average molecular weight is 391 g/mol. The van der Waals surface area contributed by atoms with Crippen molar-refractivity contribution >= 4 is 5.91 Å². The summed E-state index contributed by atoms with van der Waals surface area (Å²) in [4.78, 5) is 13.5. The minimum Gasteiger partial charge on any atom is -0.467 e. The third-order valence-electron chi connectivity index (χ3n) is 4.42. The first-order valence-electron chi connectivity index (χ1n) is 8.72. The van der Waals surface area contributed by atoms with Gasteiger partial charge in [0.1, 0.15) is 12.3 Å². The number of aromatic nitrogens is 2. The number of hydrogen-bond donors (Lipinski definition) is 0. The molecule has 1 amide bonds. The highest BCUT2D eigenvalue weighted by atomic mass is 19.4. The summed E-state index contributed by atoms with van der Waals surface area (Å²) in [6.45, 7) is 1.97. The molecule has 0 saturated heterocycles. The Labute approximate surface area is 160 Å². The number of para-hydroxylation sites is 1. The Morgan fingerprint density at radius 3 is 2.46 bits per heavy atom. The largest absolute Gasteiger partial charge is 0.467 e. The van der Waals surface area contributed by atoms with E-state index in [0.29, 0.717) is 17.0 Å². The Morgan fingerprint density at radius 1 is 1.14 bits per heavy atom. The number of aryl methyl sites for hydroxylation is 1. The fourth-order valence-electron chi connectivity index (χ4n) is 3.05. The van der Waals surface area contributed by atoms with Crippen LogP contribution in [0.1, 0.15) is 22.7 Å². The number of halogens is 3. The van der Waals surface area contributed by atoms with Crippen LogP contribution in [0.3, 0.4) is 0 Å². The summed E-state index contributed by atoms with van der Waals surface area (Å²) >= 11 is 0. The number of rotatable bonds is 6. The highest BCUT2D eigenvalue weighted by Crippen LogP contribution is 2.22. The summed E-state index contributed by atoms with van der Waals surface area (Å²) in [7, 11) is 0. The number of benzene rings is 1. The van der Waals surface area contributed by atoms with Crippen LogP contribution < -0.4 is 0 Å². The van der Waals surface area contributed by atoms with Crippen molar-refractivity contribution in [3.05, 3.63) is 71.4 Å². The molecule has 0 saturated carbocycles. The topological polar surface area (TPSA) is 51.3 Å². The maximum atomic E-state index is 13.0. The molecule has 148 valence electrons. The summed E-state index contributed by atoms with van der Waals surface area (Å²) in [5.41, 5.74) is 2.78. The normalized spacial score (nSPS) is 11.6. The molecule has 0 unspecified atom stereocenters. The lowest BCUT2D eigenvalue weighted by Crippen LogP contribution is -2.39. The van der Waals surface area contributed by atoms with Gasteiger partial charge in [-0.05, 0) is 38.1 Å². The molecule has 2 heterocycles. The van der Waals surface area contributed by atoms with Crippen LogP contribution in [-0.2, 0) is 17.8 Å². The van der Waals surface area contributed by atoms with E-state index in [1.54, 1.807) is 30.7 Å². The lowest BCUT2D eigenvalue weighted by Gasteiger charge is -2.23. The molecule has 3 rings (SSSR count). The maximum absolute atomic E-state index is 13.0. The molecule has 1 aromatic carbocycles. The van der Waals surface area contributed by atoms with E-state index in [1.165, 1.54) is 6.26 Å². The minimum atomic E-state index is -4.50. The standard InChI is InChI=1S/C20H20F3N3O2/c1-14-18(15(2)26(24-14)16-7-4-3-5-8-16)11-19(27)25(13-20(21,22)23)12-17-9-6-10-28-17/h3-10H,11-13H2,1-2H3. The van der Waals surface area contributed by atoms with Crippen molar-refractivity contribution in [2.75, 3.05) is 6.54 Å². The van der Waals surface area contributed by atoms with Gasteiger partial charge in [0.15, 0.2) is 0 Å². The van der Waals surface area contributed by atoms with Crippen molar-refractivity contribution < 1.29 is 22.4 Å². The van der Waals surface area contributed by atoms with Crippen molar-refractivity contribution in [3.63, 3.8) is 0 Å². The summed E-state index contributed by atoms with van der Waals surface area (Å²) in [6.07, 6.45) is -3.30. The van der Waals surface area contributed by atoms with Gasteiger partial charge >= 0.3 is 6.18 Å². The van der Waals surface area contributed by atoms with Gasteiger partial charge in [0.25, 0.3) is 0 Å². The molecule has 2 aromatic heterocycles. The molecular weight excluding hydrogens is 371 g/mol. The van der Waals surface area contributed by atoms with E-state index >= 15 is 0 Å². The van der Waals surface area contributed by atoms with Crippen molar-refractivity contribution in [2.24, 2.45) is 0 Å². The number of nitrogens with zero attached hydrogens (tertiary/aromatic N) is 3. The van der Waals surface area contributed by atoms with Gasteiger partial charge < -0.3 is 9.32 Å². The van der Waals surface area contributed by atoms with E-state index in [9.17, 15) is 18.0 Å². The molecule has 0 atom stereocenters. The number of amides is 1. The van der Waals surface area contributed by atoms with Gasteiger partial charge in [0.2, 0.25) is 5.91 Å². The molecule has 0 N–H and O–H groups in total. The van der Waals surface area contributed by atoms with Crippen LogP contribution >= 0.6 is 0 Å². The first kappa shape index (κ1) is 19.7. The van der Waals surface area contributed by atoms with Crippen LogP contribution in [0.4, 0.5) is 13.2 Å². The third kappa shape index (κ3) is 4.62. The van der Waals surface area contributed by atoms with Gasteiger partial charge in [-0.15, -0.1) is 0 Å². The molecule has 0 fully saturated rings. The van der Waals surface area contributed by atoms with Crippen molar-refractivity contribution in [1.82, 2.24) is 14.7 Å². The highest BCUT2D eigenvalue weighted by Gasteiger charge is 2.34. The van der Waals surface area contributed by atoms with E-state index in [0.717, 1.165) is 16.3 Å². The fourth-order valence-corrected chi connectivity index (χ4v) is 3.05. The summed E-state index contributed by atoms with van der Waals surface area (Å²) in [6, 6.07) is 12.5. The number of carbonyl (C=O) groups is 1. The summed E-state index contributed by atoms with van der Waals surface area (Å²) in [5.74, 6) is -0.335. The van der Waals surface area contributed by atoms with Crippen LogP contribution in [0.25, 0.3) is 5.69 Å². The van der Waals surface area contributed by atoms with E-state index in [4.69, 9.17) is 4.42 Å². The molecule has 0 aliphatic carbocycles. The first-order valence-corrected chi connectivity index (χ1v) is 8.72. The minimum absolute atomic E-state index is 0.165. The second-order valence-corrected chi connectivity index (χ2v) is 6.52. The number of furan rings is 1. The smallest absolute Gasteiger partial charge is 0.406 e. The van der Waals surface area contributed by atoms with Gasteiger partial charge in [-0.3, -0.25) is 4.79 Å². The molecular formula is C20H20F3N3O2. The van der Waals surface area contributed by atoms with E-state index in [2.05, 4.69) is 5.10 Å². The van der Waals surface area contributed by atoms with Gasteiger partial charge in [0.05, 0.1) is 30.6 Å². The van der Waals surface area contributed by atoms with E-state index in [1.807, 2.05) is 30.3 Å². The number of hydrogen-bond acceptors (Lipinski definition) is 3.